The van der Waals surface area contributed by atoms with Gasteiger partial charge in [0.2, 0.25) is 0 Å². The highest BCUT2D eigenvalue weighted by atomic mass is 32.2. The van der Waals surface area contributed by atoms with Crippen LogP contribution < -0.4 is 5.32 Å². The Bertz CT molecular complexity index is 330. The van der Waals surface area contributed by atoms with Gasteiger partial charge in [-0.3, -0.25) is 4.79 Å². The number of likely N-dealkylation sites (N-methyl/N-ethyl adjacent to an activating group) is 1. The van der Waals surface area contributed by atoms with Crippen LogP contribution in [0.1, 0.15) is 13.8 Å². The number of nitrogens with zero attached hydrogens (tertiary/aromatic N) is 1. The van der Waals surface area contributed by atoms with E-state index in [1.54, 1.807) is 29.3 Å². The Labute approximate surface area is 104 Å². The molecule has 0 amide bonds. The van der Waals surface area contributed by atoms with E-state index in [2.05, 4.69) is 10.3 Å². The second kappa shape index (κ2) is 6.22. The quantitative estimate of drug-likeness (QED) is 0.624. The van der Waals surface area contributed by atoms with E-state index < -0.39 is 5.54 Å². The molecule has 0 saturated carbocycles. The molecule has 0 fully saturated rings. The van der Waals surface area contributed by atoms with Crippen LogP contribution in [0.2, 0.25) is 0 Å². The average Bonchev–Trinajstić information content (AvgIpc) is 2.78. The van der Waals surface area contributed by atoms with Gasteiger partial charge in [-0.2, -0.15) is 0 Å². The zero-order valence-electron chi connectivity index (χ0n) is 9.65. The van der Waals surface area contributed by atoms with E-state index in [0.717, 1.165) is 10.9 Å². The van der Waals surface area contributed by atoms with E-state index in [0.29, 0.717) is 5.75 Å². The van der Waals surface area contributed by atoms with Crippen LogP contribution in [-0.2, 0) is 9.53 Å². The molecule has 1 unspecified atom stereocenters. The van der Waals surface area contributed by atoms with Crippen LogP contribution in [0.4, 0.5) is 0 Å². The molecule has 4 nitrogen and oxygen atoms in total. The van der Waals surface area contributed by atoms with Crippen LogP contribution in [-0.4, -0.2) is 35.9 Å². The lowest BCUT2D eigenvalue weighted by Crippen LogP contribution is -2.52. The van der Waals surface area contributed by atoms with E-state index in [1.807, 2.05) is 19.2 Å². The third kappa shape index (κ3) is 3.47. The largest absolute Gasteiger partial charge is 0.468 e. The molecule has 0 spiro atoms. The molecular formula is C10H16N2O2S2. The molecule has 0 saturated heterocycles. The summed E-state index contributed by atoms with van der Waals surface area (Å²) in [7, 11) is 1.41. The number of hydrogen-bond donors (Lipinski definition) is 1. The summed E-state index contributed by atoms with van der Waals surface area (Å²) < 4.78 is 5.77. The molecule has 0 radical (unpaired) electrons. The lowest BCUT2D eigenvalue weighted by Gasteiger charge is -2.26. The molecule has 0 aliphatic rings. The van der Waals surface area contributed by atoms with Gasteiger partial charge in [-0.15, -0.1) is 11.3 Å². The van der Waals surface area contributed by atoms with Crippen LogP contribution in [0.15, 0.2) is 15.9 Å². The fourth-order valence-electron chi connectivity index (χ4n) is 1.29. The maximum Gasteiger partial charge on any atom is 0.326 e. The van der Waals surface area contributed by atoms with Gasteiger partial charge >= 0.3 is 5.97 Å². The van der Waals surface area contributed by atoms with Gasteiger partial charge in [-0.05, 0) is 13.5 Å². The number of methoxy groups -OCH3 is 1. The number of thioether (sulfide) groups is 1. The first-order valence-corrected chi connectivity index (χ1v) is 6.84. The molecule has 1 rings (SSSR count). The summed E-state index contributed by atoms with van der Waals surface area (Å²) in [6.45, 7) is 4.54. The third-order valence-corrected chi connectivity index (χ3v) is 4.38. The summed E-state index contributed by atoms with van der Waals surface area (Å²) in [5, 5.41) is 5.08. The van der Waals surface area contributed by atoms with Crippen LogP contribution in [0.3, 0.4) is 0 Å². The van der Waals surface area contributed by atoms with Crippen molar-refractivity contribution < 1.29 is 9.53 Å². The van der Waals surface area contributed by atoms with Gasteiger partial charge in [-0.25, -0.2) is 4.98 Å². The zero-order chi connectivity index (χ0) is 12.0. The summed E-state index contributed by atoms with van der Waals surface area (Å²) in [6, 6.07) is 0. The van der Waals surface area contributed by atoms with Crippen LogP contribution in [0.5, 0.6) is 0 Å². The Kier molecular flexibility index (Phi) is 5.24. The number of hydrogen-bond acceptors (Lipinski definition) is 6. The van der Waals surface area contributed by atoms with Gasteiger partial charge in [-0.1, -0.05) is 18.7 Å². The van der Waals surface area contributed by atoms with E-state index >= 15 is 0 Å². The predicted octanol–water partition coefficient (Wildman–Crippen LogP) is 1.78. The van der Waals surface area contributed by atoms with Gasteiger partial charge in [0.15, 0.2) is 0 Å². The van der Waals surface area contributed by atoms with Gasteiger partial charge in [0.1, 0.15) is 9.88 Å². The second-order valence-corrected chi connectivity index (χ2v) is 5.56. The molecule has 0 aromatic carbocycles. The van der Waals surface area contributed by atoms with Gasteiger partial charge in [0, 0.05) is 17.3 Å². The fourth-order valence-corrected chi connectivity index (χ4v) is 3.03. The standard InChI is InChI=1S/C10H16N2O2S2/c1-4-12-10(2,8(13)14-3)7-16-9-11-5-6-15-9/h5-6,12H,4,7H2,1-3H3. The van der Waals surface area contributed by atoms with Crippen molar-refractivity contribution in [3.8, 4) is 0 Å². The molecule has 1 aromatic rings. The van der Waals surface area contributed by atoms with E-state index in [4.69, 9.17) is 4.74 Å². The number of nitrogens with one attached hydrogen (secondary N) is 1. The van der Waals surface area contributed by atoms with Gasteiger partial charge in [0.05, 0.1) is 7.11 Å². The first kappa shape index (κ1) is 13.5. The highest BCUT2D eigenvalue weighted by molar-refractivity contribution is 8.01. The van der Waals surface area contributed by atoms with E-state index in [-0.39, 0.29) is 5.97 Å². The van der Waals surface area contributed by atoms with Crippen LogP contribution in [0, 0.1) is 0 Å². The number of esters is 1. The van der Waals surface area contributed by atoms with Gasteiger partial charge in [0.25, 0.3) is 0 Å². The number of rotatable bonds is 6. The number of aromatic nitrogens is 1. The second-order valence-electron chi connectivity index (χ2n) is 3.44. The zero-order valence-corrected chi connectivity index (χ0v) is 11.3. The fraction of sp³-hybridized carbons (Fsp3) is 0.600. The highest BCUT2D eigenvalue weighted by Gasteiger charge is 2.33. The molecule has 1 heterocycles. The third-order valence-electron chi connectivity index (χ3n) is 2.10. The maximum atomic E-state index is 11.7. The Balaban J connectivity index is 2.60. The summed E-state index contributed by atoms with van der Waals surface area (Å²) >= 11 is 3.13. The average molecular weight is 260 g/mol. The smallest absolute Gasteiger partial charge is 0.326 e. The van der Waals surface area contributed by atoms with Crippen molar-refractivity contribution in [1.82, 2.24) is 10.3 Å². The molecule has 1 N–H and O–H groups in total. The Morgan fingerprint density at radius 1 is 1.75 bits per heavy atom. The minimum Gasteiger partial charge on any atom is -0.468 e. The SMILES string of the molecule is CCNC(C)(CSc1nccs1)C(=O)OC. The van der Waals surface area contributed by atoms with Crippen molar-refractivity contribution in [2.24, 2.45) is 0 Å². The molecule has 1 atom stereocenters. The Hall–Kier alpha value is -0.590. The minimum atomic E-state index is -0.653. The van der Waals surface area contributed by atoms with Crippen LogP contribution in [0.25, 0.3) is 0 Å². The Morgan fingerprint density at radius 2 is 2.50 bits per heavy atom. The molecule has 16 heavy (non-hydrogen) atoms. The normalized spacial score (nSPS) is 14.4. The number of carbonyl (C=O) groups is 1. The molecule has 0 aliphatic heterocycles. The van der Waals surface area contributed by atoms with Crippen LogP contribution >= 0.6 is 23.1 Å². The van der Waals surface area contributed by atoms with Crippen molar-refractivity contribution in [3.05, 3.63) is 11.6 Å². The lowest BCUT2D eigenvalue weighted by atomic mass is 10.1. The molecule has 6 heteroatoms. The summed E-state index contributed by atoms with van der Waals surface area (Å²) in [5.74, 6) is 0.375. The summed E-state index contributed by atoms with van der Waals surface area (Å²) in [5.41, 5.74) is -0.653. The summed E-state index contributed by atoms with van der Waals surface area (Å²) in [4.78, 5) is 15.8. The first-order chi connectivity index (χ1) is 7.62. The number of carbonyl (C=O) groups excluding carboxylic acids is 1. The van der Waals surface area contributed by atoms with Crippen molar-refractivity contribution >= 4 is 29.1 Å². The van der Waals surface area contributed by atoms with Crippen molar-refractivity contribution in [2.75, 3.05) is 19.4 Å². The van der Waals surface area contributed by atoms with Crippen molar-refractivity contribution in [2.45, 2.75) is 23.7 Å². The van der Waals surface area contributed by atoms with Crippen molar-refractivity contribution in [3.63, 3.8) is 0 Å². The predicted molar refractivity (Wildman–Crippen MR) is 66.9 cm³/mol. The number of ether oxygens (including phenoxy) is 1. The molecule has 1 aromatic heterocycles. The van der Waals surface area contributed by atoms with E-state index in [9.17, 15) is 4.79 Å². The van der Waals surface area contributed by atoms with E-state index in [1.165, 1.54) is 7.11 Å². The summed E-state index contributed by atoms with van der Waals surface area (Å²) in [6.07, 6.45) is 1.76. The Morgan fingerprint density at radius 3 is 3.00 bits per heavy atom. The lowest BCUT2D eigenvalue weighted by molar-refractivity contribution is -0.146. The molecule has 90 valence electrons. The molecular weight excluding hydrogens is 244 g/mol. The molecule has 0 aliphatic carbocycles. The highest BCUT2D eigenvalue weighted by Crippen LogP contribution is 2.25. The van der Waals surface area contributed by atoms with Crippen molar-refractivity contribution in [1.29, 1.82) is 0 Å². The maximum absolute atomic E-state index is 11.7. The molecule has 0 bridgehead atoms. The topological polar surface area (TPSA) is 51.2 Å². The monoisotopic (exact) mass is 260 g/mol. The minimum absolute atomic E-state index is 0.238. The first-order valence-electron chi connectivity index (χ1n) is 4.98. The number of thiazole rings is 1. The van der Waals surface area contributed by atoms with Gasteiger partial charge < -0.3 is 10.1 Å².